The Labute approximate surface area is 57.1 Å². The number of nitrogens with zero attached hydrogens (tertiary/aromatic N) is 3. The molecule has 0 atom stereocenters. The molecule has 1 aromatic rings. The zero-order chi connectivity index (χ0) is 7.40. The maximum absolute atomic E-state index is 12.1. The minimum Gasteiger partial charge on any atom is -0.464 e. The smallest absolute Gasteiger partial charge is 0.321 e. The van der Waals surface area contributed by atoms with Crippen molar-refractivity contribution in [2.24, 2.45) is 0 Å². The van der Waals surface area contributed by atoms with Gasteiger partial charge in [-0.05, 0) is 6.92 Å². The standard InChI is InChI=1S/C5H6FN3O/c1-2-10-5-8-3-7-4(6)9-5/h3H,2H2,1H3. The van der Waals surface area contributed by atoms with Crippen molar-refractivity contribution < 1.29 is 9.13 Å². The summed E-state index contributed by atoms with van der Waals surface area (Å²) in [5, 5.41) is 0. The summed E-state index contributed by atoms with van der Waals surface area (Å²) in [6.45, 7) is 2.19. The van der Waals surface area contributed by atoms with E-state index >= 15 is 0 Å². The molecule has 1 aromatic heterocycles. The molecule has 0 radical (unpaired) electrons. The largest absolute Gasteiger partial charge is 0.464 e. The highest BCUT2D eigenvalue weighted by atomic mass is 19.1. The lowest BCUT2D eigenvalue weighted by Crippen LogP contribution is -1.99. The molecule has 54 valence electrons. The lowest BCUT2D eigenvalue weighted by atomic mass is 10.8. The monoisotopic (exact) mass is 143 g/mol. The zero-order valence-corrected chi connectivity index (χ0v) is 5.41. The minimum atomic E-state index is -0.821. The van der Waals surface area contributed by atoms with E-state index in [9.17, 15) is 4.39 Å². The Balaban J connectivity index is 2.75. The Hall–Kier alpha value is -1.26. The summed E-state index contributed by atoms with van der Waals surface area (Å²) in [7, 11) is 0. The van der Waals surface area contributed by atoms with E-state index < -0.39 is 6.08 Å². The second kappa shape index (κ2) is 3.05. The van der Waals surface area contributed by atoms with Crippen molar-refractivity contribution in [2.45, 2.75) is 6.92 Å². The van der Waals surface area contributed by atoms with Gasteiger partial charge >= 0.3 is 12.1 Å². The lowest BCUT2D eigenvalue weighted by Gasteiger charge is -1.96. The van der Waals surface area contributed by atoms with Crippen molar-refractivity contribution in [2.75, 3.05) is 6.61 Å². The van der Waals surface area contributed by atoms with Crippen molar-refractivity contribution in [1.29, 1.82) is 0 Å². The molecule has 0 aliphatic heterocycles. The van der Waals surface area contributed by atoms with Crippen LogP contribution >= 0.6 is 0 Å². The van der Waals surface area contributed by atoms with Crippen LogP contribution in [0, 0.1) is 6.08 Å². The van der Waals surface area contributed by atoms with Crippen molar-refractivity contribution in [3.8, 4) is 6.01 Å². The van der Waals surface area contributed by atoms with Crippen molar-refractivity contribution in [3.63, 3.8) is 0 Å². The molecule has 0 spiro atoms. The van der Waals surface area contributed by atoms with Crippen molar-refractivity contribution in [1.82, 2.24) is 15.0 Å². The molecule has 1 rings (SSSR count). The van der Waals surface area contributed by atoms with Crippen LogP contribution in [0.1, 0.15) is 6.92 Å². The average molecular weight is 143 g/mol. The highest BCUT2D eigenvalue weighted by molar-refractivity contribution is 4.87. The van der Waals surface area contributed by atoms with Crippen molar-refractivity contribution in [3.05, 3.63) is 12.4 Å². The second-order valence-electron chi connectivity index (χ2n) is 1.47. The van der Waals surface area contributed by atoms with E-state index in [1.165, 1.54) is 0 Å². The van der Waals surface area contributed by atoms with Crippen LogP contribution in [0.3, 0.4) is 0 Å². The lowest BCUT2D eigenvalue weighted by molar-refractivity contribution is 0.302. The summed E-state index contributed by atoms with van der Waals surface area (Å²) in [5.74, 6) is 0. The zero-order valence-electron chi connectivity index (χ0n) is 5.41. The Morgan fingerprint density at radius 2 is 2.40 bits per heavy atom. The van der Waals surface area contributed by atoms with E-state index in [2.05, 4.69) is 15.0 Å². The third kappa shape index (κ3) is 1.61. The predicted molar refractivity (Wildman–Crippen MR) is 31.0 cm³/mol. The first-order valence-electron chi connectivity index (χ1n) is 2.80. The van der Waals surface area contributed by atoms with Gasteiger partial charge in [-0.15, -0.1) is 4.98 Å². The van der Waals surface area contributed by atoms with Gasteiger partial charge in [-0.25, -0.2) is 0 Å². The summed E-state index contributed by atoms with van der Waals surface area (Å²) >= 11 is 0. The first-order valence-corrected chi connectivity index (χ1v) is 2.80. The normalized spacial score (nSPS) is 9.40. The fraction of sp³-hybridized carbons (Fsp3) is 0.400. The van der Waals surface area contributed by atoms with E-state index in [4.69, 9.17) is 4.74 Å². The van der Waals surface area contributed by atoms with Gasteiger partial charge in [0.2, 0.25) is 0 Å². The Morgan fingerprint density at radius 1 is 1.60 bits per heavy atom. The molecule has 1 heterocycles. The molecule has 0 aliphatic rings. The van der Waals surface area contributed by atoms with Crippen LogP contribution in [0.15, 0.2) is 6.33 Å². The molecule has 0 N–H and O–H groups in total. The quantitative estimate of drug-likeness (QED) is 0.601. The molecule has 0 aromatic carbocycles. The van der Waals surface area contributed by atoms with Crippen LogP contribution < -0.4 is 4.74 Å². The molecule has 0 saturated carbocycles. The molecular formula is C5H6FN3O. The molecular weight excluding hydrogens is 137 g/mol. The summed E-state index contributed by atoms with van der Waals surface area (Å²) in [6, 6.07) is 0.0231. The minimum absolute atomic E-state index is 0.0231. The Kier molecular flexibility index (Phi) is 2.09. The van der Waals surface area contributed by atoms with Gasteiger partial charge in [-0.3, -0.25) is 0 Å². The number of aromatic nitrogens is 3. The molecule has 4 nitrogen and oxygen atoms in total. The van der Waals surface area contributed by atoms with E-state index in [0.717, 1.165) is 6.33 Å². The van der Waals surface area contributed by atoms with E-state index in [1.807, 2.05) is 0 Å². The van der Waals surface area contributed by atoms with E-state index in [0.29, 0.717) is 6.61 Å². The fourth-order valence-electron chi connectivity index (χ4n) is 0.461. The van der Waals surface area contributed by atoms with Gasteiger partial charge in [-0.1, -0.05) is 0 Å². The van der Waals surface area contributed by atoms with Gasteiger partial charge in [0.25, 0.3) is 0 Å². The van der Waals surface area contributed by atoms with Gasteiger partial charge < -0.3 is 4.74 Å². The first kappa shape index (κ1) is 6.85. The Bertz CT molecular complexity index is 218. The average Bonchev–Trinajstić information content (AvgIpc) is 1.88. The highest BCUT2D eigenvalue weighted by Crippen LogP contribution is 1.97. The summed E-state index contributed by atoms with van der Waals surface area (Å²) in [6.07, 6.45) is 0.242. The maximum atomic E-state index is 12.1. The number of hydrogen-bond acceptors (Lipinski definition) is 4. The van der Waals surface area contributed by atoms with Gasteiger partial charge in [0.15, 0.2) is 0 Å². The third-order valence-electron chi connectivity index (χ3n) is 0.794. The molecule has 0 saturated heterocycles. The van der Waals surface area contributed by atoms with Crippen LogP contribution in [0.4, 0.5) is 4.39 Å². The van der Waals surface area contributed by atoms with Crippen LogP contribution in [0.25, 0.3) is 0 Å². The van der Waals surface area contributed by atoms with Gasteiger partial charge in [-0.2, -0.15) is 14.4 Å². The molecule has 0 aliphatic carbocycles. The van der Waals surface area contributed by atoms with Crippen LogP contribution in [0.5, 0.6) is 6.01 Å². The SMILES string of the molecule is CCOc1ncnc(F)n1. The maximum Gasteiger partial charge on any atom is 0.321 e. The number of halogens is 1. The second-order valence-corrected chi connectivity index (χ2v) is 1.47. The van der Waals surface area contributed by atoms with Crippen LogP contribution in [-0.4, -0.2) is 21.6 Å². The van der Waals surface area contributed by atoms with Gasteiger partial charge in [0, 0.05) is 0 Å². The van der Waals surface area contributed by atoms with Crippen LogP contribution in [-0.2, 0) is 0 Å². The van der Waals surface area contributed by atoms with Crippen molar-refractivity contribution >= 4 is 0 Å². The highest BCUT2D eigenvalue weighted by Gasteiger charge is 1.96. The molecule has 10 heavy (non-hydrogen) atoms. The summed E-state index contributed by atoms with van der Waals surface area (Å²) < 4.78 is 16.9. The molecule has 0 amide bonds. The molecule has 5 heteroatoms. The predicted octanol–water partition coefficient (Wildman–Crippen LogP) is 0.409. The fourth-order valence-corrected chi connectivity index (χ4v) is 0.461. The first-order chi connectivity index (χ1) is 4.83. The number of rotatable bonds is 2. The van der Waals surface area contributed by atoms with Gasteiger partial charge in [0.05, 0.1) is 6.61 Å². The summed E-state index contributed by atoms with van der Waals surface area (Å²) in [4.78, 5) is 9.95. The number of hydrogen-bond donors (Lipinski definition) is 0. The summed E-state index contributed by atoms with van der Waals surface area (Å²) in [5.41, 5.74) is 0. The Morgan fingerprint density at radius 3 is 3.00 bits per heavy atom. The van der Waals surface area contributed by atoms with Gasteiger partial charge in [0.1, 0.15) is 6.33 Å². The topological polar surface area (TPSA) is 47.9 Å². The molecule has 0 unspecified atom stereocenters. The van der Waals surface area contributed by atoms with E-state index in [-0.39, 0.29) is 6.01 Å². The molecule has 0 fully saturated rings. The van der Waals surface area contributed by atoms with E-state index in [1.54, 1.807) is 6.92 Å². The molecule has 0 bridgehead atoms. The third-order valence-corrected chi connectivity index (χ3v) is 0.794. The van der Waals surface area contributed by atoms with Crippen LogP contribution in [0.2, 0.25) is 0 Å². The number of ether oxygens (including phenoxy) is 1.